The SMILES string of the molecule is O=C(CSc1ccc(Br)cc1)Nc1nnc(SCc2ccccc2F)s1. The monoisotopic (exact) mass is 469 g/mol. The first kappa shape index (κ1) is 19.3. The first-order chi connectivity index (χ1) is 12.6. The minimum atomic E-state index is -0.233. The van der Waals surface area contributed by atoms with Crippen LogP contribution in [0.3, 0.4) is 0 Å². The van der Waals surface area contributed by atoms with Gasteiger partial charge in [0, 0.05) is 15.1 Å². The molecule has 3 rings (SSSR count). The van der Waals surface area contributed by atoms with Crippen LogP contribution >= 0.6 is 50.8 Å². The molecule has 1 heterocycles. The lowest BCUT2D eigenvalue weighted by atomic mass is 10.2. The van der Waals surface area contributed by atoms with E-state index in [1.165, 1.54) is 40.9 Å². The highest BCUT2D eigenvalue weighted by Gasteiger charge is 2.10. The van der Waals surface area contributed by atoms with Crippen molar-refractivity contribution in [1.29, 1.82) is 0 Å². The number of hydrogen-bond acceptors (Lipinski definition) is 6. The van der Waals surface area contributed by atoms with E-state index in [9.17, 15) is 9.18 Å². The lowest BCUT2D eigenvalue weighted by molar-refractivity contribution is -0.113. The lowest BCUT2D eigenvalue weighted by Gasteiger charge is -2.02. The van der Waals surface area contributed by atoms with E-state index in [0.29, 0.717) is 26.5 Å². The normalized spacial score (nSPS) is 10.7. The van der Waals surface area contributed by atoms with Gasteiger partial charge in [0.15, 0.2) is 4.34 Å². The van der Waals surface area contributed by atoms with Crippen molar-refractivity contribution in [2.75, 3.05) is 11.1 Å². The van der Waals surface area contributed by atoms with Crippen LogP contribution in [0.5, 0.6) is 0 Å². The number of nitrogens with zero attached hydrogens (tertiary/aromatic N) is 2. The van der Waals surface area contributed by atoms with Crippen LogP contribution in [-0.4, -0.2) is 21.9 Å². The fourth-order valence-corrected chi connectivity index (χ4v) is 4.63. The van der Waals surface area contributed by atoms with Crippen LogP contribution < -0.4 is 5.32 Å². The zero-order valence-corrected chi connectivity index (χ0v) is 17.4. The summed E-state index contributed by atoms with van der Waals surface area (Å²) in [5, 5.41) is 11.2. The number of nitrogens with one attached hydrogen (secondary N) is 1. The molecular weight excluding hydrogens is 457 g/mol. The first-order valence-electron chi connectivity index (χ1n) is 7.48. The van der Waals surface area contributed by atoms with Gasteiger partial charge >= 0.3 is 0 Å². The number of carbonyl (C=O) groups excluding carboxylic acids is 1. The smallest absolute Gasteiger partial charge is 0.236 e. The van der Waals surface area contributed by atoms with Gasteiger partial charge in [-0.05, 0) is 35.9 Å². The van der Waals surface area contributed by atoms with Crippen molar-refractivity contribution in [3.05, 3.63) is 64.4 Å². The van der Waals surface area contributed by atoms with Gasteiger partial charge in [0.1, 0.15) is 5.82 Å². The Morgan fingerprint density at radius 2 is 1.88 bits per heavy atom. The first-order valence-corrected chi connectivity index (χ1v) is 11.1. The second kappa shape index (κ2) is 9.50. The van der Waals surface area contributed by atoms with Gasteiger partial charge in [-0.3, -0.25) is 10.1 Å². The van der Waals surface area contributed by atoms with Gasteiger partial charge in [0.2, 0.25) is 11.0 Å². The van der Waals surface area contributed by atoms with Crippen LogP contribution in [0.1, 0.15) is 5.56 Å². The van der Waals surface area contributed by atoms with E-state index in [-0.39, 0.29) is 11.7 Å². The Morgan fingerprint density at radius 1 is 1.12 bits per heavy atom. The average molecular weight is 470 g/mol. The van der Waals surface area contributed by atoms with Crippen LogP contribution in [0.4, 0.5) is 9.52 Å². The molecule has 2 aromatic carbocycles. The molecule has 4 nitrogen and oxygen atoms in total. The summed E-state index contributed by atoms with van der Waals surface area (Å²) in [4.78, 5) is 13.0. The summed E-state index contributed by atoms with van der Waals surface area (Å²) in [6, 6.07) is 14.4. The van der Waals surface area contributed by atoms with Crippen molar-refractivity contribution in [2.45, 2.75) is 15.0 Å². The van der Waals surface area contributed by atoms with E-state index in [4.69, 9.17) is 0 Å². The molecule has 1 N–H and O–H groups in total. The standard InChI is InChI=1S/C17H13BrFN3OS3/c18-12-5-7-13(8-6-12)24-10-15(23)20-16-21-22-17(26-16)25-9-11-3-1-2-4-14(11)19/h1-8H,9-10H2,(H,20,21,23). The summed E-state index contributed by atoms with van der Waals surface area (Å²) in [7, 11) is 0. The van der Waals surface area contributed by atoms with Crippen molar-refractivity contribution in [2.24, 2.45) is 0 Å². The minimum Gasteiger partial charge on any atom is -0.300 e. The molecule has 0 fully saturated rings. The Balaban J connectivity index is 1.47. The third kappa shape index (κ3) is 5.80. The minimum absolute atomic E-state index is 0.139. The largest absolute Gasteiger partial charge is 0.300 e. The van der Waals surface area contributed by atoms with Crippen LogP contribution in [0.15, 0.2) is 62.2 Å². The molecule has 26 heavy (non-hydrogen) atoms. The fraction of sp³-hybridized carbons (Fsp3) is 0.118. The molecule has 0 saturated heterocycles. The number of benzene rings is 2. The summed E-state index contributed by atoms with van der Waals surface area (Å²) in [6.07, 6.45) is 0. The van der Waals surface area contributed by atoms with E-state index in [1.54, 1.807) is 18.2 Å². The maximum atomic E-state index is 13.6. The van der Waals surface area contributed by atoms with E-state index in [1.807, 2.05) is 24.3 Å². The third-order valence-electron chi connectivity index (χ3n) is 3.15. The predicted molar refractivity (Wildman–Crippen MR) is 109 cm³/mol. The molecule has 0 aliphatic rings. The number of carbonyl (C=O) groups is 1. The molecule has 0 saturated carbocycles. The van der Waals surface area contributed by atoms with E-state index < -0.39 is 0 Å². The average Bonchev–Trinajstić information content (AvgIpc) is 3.08. The maximum Gasteiger partial charge on any atom is 0.236 e. The summed E-state index contributed by atoms with van der Waals surface area (Å²) < 4.78 is 15.3. The molecular formula is C17H13BrFN3OS3. The molecule has 0 unspecified atom stereocenters. The van der Waals surface area contributed by atoms with E-state index >= 15 is 0 Å². The molecule has 0 spiro atoms. The Hall–Kier alpha value is -1.42. The Kier molecular flexibility index (Phi) is 7.07. The highest BCUT2D eigenvalue weighted by atomic mass is 79.9. The zero-order chi connectivity index (χ0) is 18.4. The number of halogens is 2. The molecule has 0 radical (unpaired) electrons. The lowest BCUT2D eigenvalue weighted by Crippen LogP contribution is -2.13. The van der Waals surface area contributed by atoms with Crippen LogP contribution in [-0.2, 0) is 10.5 Å². The van der Waals surface area contributed by atoms with E-state index in [2.05, 4.69) is 31.4 Å². The number of aromatic nitrogens is 2. The summed E-state index contributed by atoms with van der Waals surface area (Å²) in [5.41, 5.74) is 0.615. The van der Waals surface area contributed by atoms with Gasteiger partial charge in [0.05, 0.1) is 5.75 Å². The van der Waals surface area contributed by atoms with Crippen molar-refractivity contribution in [3.8, 4) is 0 Å². The molecule has 0 atom stereocenters. The molecule has 1 amide bonds. The van der Waals surface area contributed by atoms with E-state index in [0.717, 1.165) is 9.37 Å². The number of hydrogen-bond donors (Lipinski definition) is 1. The maximum absolute atomic E-state index is 13.6. The number of amides is 1. The second-order valence-electron chi connectivity index (χ2n) is 5.04. The summed E-state index contributed by atoms with van der Waals surface area (Å²) in [6.45, 7) is 0. The molecule has 1 aromatic heterocycles. The Morgan fingerprint density at radius 3 is 2.65 bits per heavy atom. The number of anilines is 1. The summed E-state index contributed by atoms with van der Waals surface area (Å²) in [5.74, 6) is 0.385. The van der Waals surface area contributed by atoms with Crippen molar-refractivity contribution in [3.63, 3.8) is 0 Å². The number of thioether (sulfide) groups is 2. The predicted octanol–water partition coefficient (Wildman–Crippen LogP) is 5.46. The molecule has 0 aliphatic heterocycles. The van der Waals surface area contributed by atoms with Crippen molar-refractivity contribution >= 4 is 61.8 Å². The summed E-state index contributed by atoms with van der Waals surface area (Å²) >= 11 is 7.50. The van der Waals surface area contributed by atoms with Crippen molar-refractivity contribution < 1.29 is 9.18 Å². The Bertz CT molecular complexity index is 889. The molecule has 0 aliphatic carbocycles. The van der Waals surface area contributed by atoms with Crippen LogP contribution in [0.25, 0.3) is 0 Å². The zero-order valence-electron chi connectivity index (χ0n) is 13.3. The van der Waals surface area contributed by atoms with Gasteiger partial charge in [-0.25, -0.2) is 4.39 Å². The molecule has 0 bridgehead atoms. The molecule has 3 aromatic rings. The van der Waals surface area contributed by atoms with Gasteiger partial charge in [0.25, 0.3) is 0 Å². The Labute approximate surface area is 171 Å². The highest BCUT2D eigenvalue weighted by Crippen LogP contribution is 2.29. The van der Waals surface area contributed by atoms with Gasteiger partial charge in [-0.15, -0.1) is 22.0 Å². The number of rotatable bonds is 7. The van der Waals surface area contributed by atoms with Gasteiger partial charge in [-0.2, -0.15) is 0 Å². The van der Waals surface area contributed by atoms with Crippen LogP contribution in [0, 0.1) is 5.82 Å². The van der Waals surface area contributed by atoms with Gasteiger partial charge < -0.3 is 0 Å². The van der Waals surface area contributed by atoms with Crippen LogP contribution in [0.2, 0.25) is 0 Å². The topological polar surface area (TPSA) is 54.9 Å². The third-order valence-corrected chi connectivity index (χ3v) is 6.71. The fourth-order valence-electron chi connectivity index (χ4n) is 1.91. The van der Waals surface area contributed by atoms with Gasteiger partial charge in [-0.1, -0.05) is 57.2 Å². The quantitative estimate of drug-likeness (QED) is 0.367. The molecule has 9 heteroatoms. The molecule has 134 valence electrons. The highest BCUT2D eigenvalue weighted by molar-refractivity contribution is 9.10. The van der Waals surface area contributed by atoms with Crippen molar-refractivity contribution in [1.82, 2.24) is 10.2 Å². The second-order valence-corrected chi connectivity index (χ2v) is 9.21.